The highest BCUT2D eigenvalue weighted by molar-refractivity contribution is 6.31. The van der Waals surface area contributed by atoms with Gasteiger partial charge in [0.25, 0.3) is 0 Å². The summed E-state index contributed by atoms with van der Waals surface area (Å²) in [5.74, 6) is 0.459. The molecule has 3 atom stereocenters. The fourth-order valence-electron chi connectivity index (χ4n) is 3.58. The van der Waals surface area contributed by atoms with Crippen molar-refractivity contribution in [3.63, 3.8) is 0 Å². The molecule has 0 aliphatic heterocycles. The molecule has 1 fully saturated rings. The van der Waals surface area contributed by atoms with Gasteiger partial charge in [0.2, 0.25) is 5.91 Å². The molecule has 22 heavy (non-hydrogen) atoms. The predicted octanol–water partition coefficient (Wildman–Crippen LogP) is 4.06. The lowest BCUT2D eigenvalue weighted by Crippen LogP contribution is -2.46. The molecule has 0 bridgehead atoms. The van der Waals surface area contributed by atoms with Gasteiger partial charge in [0.1, 0.15) is 0 Å². The van der Waals surface area contributed by atoms with E-state index in [4.69, 9.17) is 11.6 Å². The molecule has 1 aromatic rings. The molecule has 0 heterocycles. The average Bonchev–Trinajstić information content (AvgIpc) is 2.42. The third-order valence-corrected chi connectivity index (χ3v) is 4.74. The van der Waals surface area contributed by atoms with E-state index in [1.54, 1.807) is 6.92 Å². The number of nitrogens with one attached hydrogen (secondary N) is 1. The summed E-state index contributed by atoms with van der Waals surface area (Å²) in [6.45, 7) is 1.60. The first-order valence-corrected chi connectivity index (χ1v) is 8.06. The highest BCUT2D eigenvalue weighted by atomic mass is 35.5. The van der Waals surface area contributed by atoms with Gasteiger partial charge < -0.3 is 10.2 Å². The number of rotatable bonds is 4. The normalized spacial score (nSPS) is 22.8. The van der Waals surface area contributed by atoms with Gasteiger partial charge in [0, 0.05) is 24.0 Å². The van der Waals surface area contributed by atoms with Crippen molar-refractivity contribution in [1.29, 1.82) is 0 Å². The average molecular weight is 345 g/mol. The van der Waals surface area contributed by atoms with Crippen molar-refractivity contribution in [1.82, 2.24) is 10.2 Å². The number of carbonyl (C=O) groups excluding carboxylic acids is 1. The van der Waals surface area contributed by atoms with Gasteiger partial charge in [0.05, 0.1) is 0 Å². The summed E-state index contributed by atoms with van der Waals surface area (Å²) in [6, 6.07) is 8.52. The number of halogens is 2. The molecule has 0 saturated heterocycles. The van der Waals surface area contributed by atoms with Gasteiger partial charge in [-0.2, -0.15) is 0 Å². The van der Waals surface area contributed by atoms with Crippen LogP contribution >= 0.6 is 24.0 Å². The number of hydrogen-bond acceptors (Lipinski definition) is 2. The number of hydrogen-bond donors (Lipinski definition) is 1. The highest BCUT2D eigenvalue weighted by Gasteiger charge is 2.35. The lowest BCUT2D eigenvalue weighted by molar-refractivity contribution is -0.120. The molecule has 1 aliphatic rings. The molecule has 0 aromatic heterocycles. The Morgan fingerprint density at radius 2 is 1.91 bits per heavy atom. The number of nitrogens with zero attached hydrogens (tertiary/aromatic N) is 1. The van der Waals surface area contributed by atoms with E-state index >= 15 is 0 Å². The van der Waals surface area contributed by atoms with Crippen LogP contribution in [0.2, 0.25) is 5.02 Å². The molecule has 3 nitrogen and oxygen atoms in total. The molecular weight excluding hydrogens is 319 g/mol. The first kappa shape index (κ1) is 19.3. The van der Waals surface area contributed by atoms with Gasteiger partial charge in [-0.25, -0.2) is 0 Å². The van der Waals surface area contributed by atoms with Gasteiger partial charge >= 0.3 is 0 Å². The number of benzene rings is 1. The van der Waals surface area contributed by atoms with Crippen LogP contribution in [0.1, 0.15) is 44.2 Å². The quantitative estimate of drug-likeness (QED) is 0.893. The van der Waals surface area contributed by atoms with Crippen molar-refractivity contribution < 1.29 is 4.79 Å². The number of carbonyl (C=O) groups is 1. The maximum atomic E-state index is 11.5. The van der Waals surface area contributed by atoms with Crippen LogP contribution in [0.15, 0.2) is 24.3 Å². The minimum Gasteiger partial charge on any atom is -0.353 e. The first-order valence-electron chi connectivity index (χ1n) is 7.68. The van der Waals surface area contributed by atoms with Crippen LogP contribution in [0.25, 0.3) is 0 Å². The van der Waals surface area contributed by atoms with Crippen LogP contribution in [0, 0.1) is 5.92 Å². The van der Waals surface area contributed by atoms with Crippen LogP contribution < -0.4 is 5.32 Å². The minimum absolute atomic E-state index is 0. The van der Waals surface area contributed by atoms with E-state index in [0.717, 1.165) is 23.4 Å². The lowest BCUT2D eigenvalue weighted by Gasteiger charge is -2.41. The molecule has 1 amide bonds. The van der Waals surface area contributed by atoms with Crippen molar-refractivity contribution in [2.24, 2.45) is 5.92 Å². The summed E-state index contributed by atoms with van der Waals surface area (Å²) >= 11 is 6.42. The molecule has 124 valence electrons. The molecule has 5 heteroatoms. The van der Waals surface area contributed by atoms with Crippen molar-refractivity contribution in [2.45, 2.75) is 44.7 Å². The second-order valence-electron chi connectivity index (χ2n) is 6.19. The van der Waals surface area contributed by atoms with E-state index in [9.17, 15) is 4.79 Å². The zero-order valence-electron chi connectivity index (χ0n) is 13.5. The van der Waals surface area contributed by atoms with Crippen LogP contribution in [0.4, 0.5) is 0 Å². The van der Waals surface area contributed by atoms with Crippen molar-refractivity contribution in [3.05, 3.63) is 34.9 Å². The van der Waals surface area contributed by atoms with Crippen LogP contribution in [0.5, 0.6) is 0 Å². The lowest BCUT2D eigenvalue weighted by atomic mass is 9.77. The fraction of sp³-hybridized carbons (Fsp3) is 0.588. The molecule has 1 aliphatic carbocycles. The SMILES string of the molecule is CC(=O)NC1CCCCC1C(c1ccccc1Cl)N(C)C.Cl. The summed E-state index contributed by atoms with van der Waals surface area (Å²) in [4.78, 5) is 13.7. The molecule has 2 rings (SSSR count). The maximum Gasteiger partial charge on any atom is 0.217 e. The first-order chi connectivity index (χ1) is 10.0. The summed E-state index contributed by atoms with van der Waals surface area (Å²) in [7, 11) is 4.18. The summed E-state index contributed by atoms with van der Waals surface area (Å²) in [6.07, 6.45) is 4.58. The molecule has 0 radical (unpaired) electrons. The summed E-state index contributed by atoms with van der Waals surface area (Å²) in [5.41, 5.74) is 1.16. The zero-order chi connectivity index (χ0) is 15.4. The van der Waals surface area contributed by atoms with Crippen LogP contribution in [0.3, 0.4) is 0 Å². The van der Waals surface area contributed by atoms with E-state index in [-0.39, 0.29) is 30.4 Å². The Bertz CT molecular complexity index is 493. The second-order valence-corrected chi connectivity index (χ2v) is 6.59. The van der Waals surface area contributed by atoms with Gasteiger partial charge in [-0.1, -0.05) is 42.6 Å². The highest BCUT2D eigenvalue weighted by Crippen LogP contribution is 2.39. The minimum atomic E-state index is 0. The third kappa shape index (κ3) is 4.61. The van der Waals surface area contributed by atoms with Crippen LogP contribution in [-0.2, 0) is 4.79 Å². The van der Waals surface area contributed by atoms with Gasteiger partial charge in [-0.3, -0.25) is 4.79 Å². The van der Waals surface area contributed by atoms with E-state index in [0.29, 0.717) is 5.92 Å². The van der Waals surface area contributed by atoms with Crippen LogP contribution in [-0.4, -0.2) is 30.9 Å². The Balaban J connectivity index is 0.00000242. The smallest absolute Gasteiger partial charge is 0.217 e. The van der Waals surface area contributed by atoms with E-state index in [1.165, 1.54) is 12.8 Å². The molecule has 3 unspecified atom stereocenters. The Morgan fingerprint density at radius 3 is 2.50 bits per heavy atom. The standard InChI is InChI=1S/C17H25ClN2O.ClH/c1-12(21)19-16-11-7-5-9-14(16)17(20(2)3)13-8-4-6-10-15(13)18;/h4,6,8,10,14,16-17H,5,7,9,11H2,1-3H3,(H,19,21);1H. The van der Waals surface area contributed by atoms with Gasteiger partial charge in [0.15, 0.2) is 0 Å². The van der Waals surface area contributed by atoms with Crippen molar-refractivity contribution >= 4 is 29.9 Å². The zero-order valence-corrected chi connectivity index (χ0v) is 15.1. The Kier molecular flexibility index (Phi) is 7.67. The largest absolute Gasteiger partial charge is 0.353 e. The Labute approximate surface area is 144 Å². The molecule has 0 spiro atoms. The van der Waals surface area contributed by atoms with E-state index in [1.807, 2.05) is 18.2 Å². The maximum absolute atomic E-state index is 11.5. The summed E-state index contributed by atoms with van der Waals surface area (Å²) < 4.78 is 0. The molecule has 1 N–H and O–H groups in total. The fourth-order valence-corrected chi connectivity index (χ4v) is 3.83. The Morgan fingerprint density at radius 1 is 1.27 bits per heavy atom. The van der Waals surface area contributed by atoms with Crippen molar-refractivity contribution in [2.75, 3.05) is 14.1 Å². The van der Waals surface area contributed by atoms with Gasteiger partial charge in [-0.05, 0) is 44.5 Å². The monoisotopic (exact) mass is 344 g/mol. The van der Waals surface area contributed by atoms with E-state index in [2.05, 4.69) is 30.4 Å². The molecular formula is C17H26Cl2N2O. The topological polar surface area (TPSA) is 32.3 Å². The number of amides is 1. The van der Waals surface area contributed by atoms with Gasteiger partial charge in [-0.15, -0.1) is 12.4 Å². The molecule has 1 saturated carbocycles. The predicted molar refractivity (Wildman–Crippen MR) is 94.7 cm³/mol. The van der Waals surface area contributed by atoms with E-state index < -0.39 is 0 Å². The summed E-state index contributed by atoms with van der Waals surface area (Å²) in [5, 5.41) is 3.96. The third-order valence-electron chi connectivity index (χ3n) is 4.39. The molecule has 1 aromatic carbocycles. The van der Waals surface area contributed by atoms with Crippen molar-refractivity contribution in [3.8, 4) is 0 Å². The second kappa shape index (κ2) is 8.76. The Hall–Kier alpha value is -0.770.